The number of hydrogen-bond donors (Lipinski definition) is 1. The highest BCUT2D eigenvalue weighted by Gasteiger charge is 2.34. The molecule has 2 rings (SSSR count). The van der Waals surface area contributed by atoms with Crippen molar-refractivity contribution in [2.24, 2.45) is 0 Å². The first kappa shape index (κ1) is 17.6. The van der Waals surface area contributed by atoms with Gasteiger partial charge in [0.1, 0.15) is 11.4 Å². The molecule has 1 aromatic rings. The average Bonchev–Trinajstić information content (AvgIpc) is 2.38. The Morgan fingerprint density at radius 2 is 1.91 bits per heavy atom. The van der Waals surface area contributed by atoms with Gasteiger partial charge >= 0.3 is 6.09 Å². The van der Waals surface area contributed by atoms with Crippen molar-refractivity contribution in [2.45, 2.75) is 58.6 Å². The van der Waals surface area contributed by atoms with E-state index in [2.05, 4.69) is 10.2 Å². The fraction of sp³-hybridized carbons (Fsp3) is 0.611. The van der Waals surface area contributed by atoms with E-state index in [1.165, 1.54) is 6.07 Å². The lowest BCUT2D eigenvalue weighted by Gasteiger charge is -2.41. The van der Waals surface area contributed by atoms with Crippen molar-refractivity contribution in [3.63, 3.8) is 0 Å². The third kappa shape index (κ3) is 4.60. The molecule has 0 aromatic heterocycles. The van der Waals surface area contributed by atoms with E-state index in [1.807, 2.05) is 40.7 Å². The van der Waals surface area contributed by atoms with Gasteiger partial charge in [-0.05, 0) is 59.1 Å². The molecule has 0 saturated carbocycles. The fourth-order valence-corrected chi connectivity index (χ4v) is 2.92. The lowest BCUT2D eigenvalue weighted by atomic mass is 9.89. The van der Waals surface area contributed by atoms with Crippen LogP contribution < -0.4 is 10.2 Å². The molecule has 1 saturated heterocycles. The molecule has 0 spiro atoms. The zero-order valence-electron chi connectivity index (χ0n) is 14.7. The standard InChI is InChI=1S/C18H27FN2O2/c1-13-7-6-8-14(19)15(13)21-11-9-18(5,10-12-21)20-16(22)23-17(2,3)4/h6-8H,9-12H2,1-5H3,(H,20,22). The summed E-state index contributed by atoms with van der Waals surface area (Å²) in [7, 11) is 0. The molecule has 1 heterocycles. The zero-order chi connectivity index (χ0) is 17.3. The van der Waals surface area contributed by atoms with Gasteiger partial charge in [-0.15, -0.1) is 0 Å². The van der Waals surface area contributed by atoms with Gasteiger partial charge in [-0.2, -0.15) is 0 Å². The second-order valence-electron chi connectivity index (χ2n) is 7.58. The monoisotopic (exact) mass is 322 g/mol. The van der Waals surface area contributed by atoms with Gasteiger partial charge in [-0.1, -0.05) is 12.1 Å². The van der Waals surface area contributed by atoms with Crippen molar-refractivity contribution < 1.29 is 13.9 Å². The SMILES string of the molecule is Cc1cccc(F)c1N1CCC(C)(NC(=O)OC(C)(C)C)CC1. The maximum atomic E-state index is 14.1. The van der Waals surface area contributed by atoms with E-state index in [4.69, 9.17) is 4.74 Å². The van der Waals surface area contributed by atoms with Crippen LogP contribution in [0, 0.1) is 12.7 Å². The first-order valence-electron chi connectivity index (χ1n) is 8.11. The number of carbonyl (C=O) groups excluding carboxylic acids is 1. The molecule has 128 valence electrons. The minimum absolute atomic E-state index is 0.186. The van der Waals surface area contributed by atoms with Gasteiger partial charge in [0.25, 0.3) is 0 Å². The van der Waals surface area contributed by atoms with E-state index in [1.54, 1.807) is 6.07 Å². The highest BCUT2D eigenvalue weighted by Crippen LogP contribution is 2.30. The van der Waals surface area contributed by atoms with Crippen LogP contribution in [0.3, 0.4) is 0 Å². The number of benzene rings is 1. The molecule has 5 heteroatoms. The summed E-state index contributed by atoms with van der Waals surface area (Å²) in [6.07, 6.45) is 1.11. The predicted molar refractivity (Wildman–Crippen MR) is 90.4 cm³/mol. The summed E-state index contributed by atoms with van der Waals surface area (Å²) >= 11 is 0. The number of halogens is 1. The number of hydrogen-bond acceptors (Lipinski definition) is 3. The molecule has 4 nitrogen and oxygen atoms in total. The molecular formula is C18H27FN2O2. The van der Waals surface area contributed by atoms with Crippen molar-refractivity contribution in [2.75, 3.05) is 18.0 Å². The van der Waals surface area contributed by atoms with E-state index < -0.39 is 11.7 Å². The molecule has 0 atom stereocenters. The van der Waals surface area contributed by atoms with Gasteiger partial charge in [0.15, 0.2) is 0 Å². The summed E-state index contributed by atoms with van der Waals surface area (Å²) in [5.41, 5.74) is 0.782. The van der Waals surface area contributed by atoms with Gasteiger partial charge < -0.3 is 15.0 Å². The Balaban J connectivity index is 1.99. The van der Waals surface area contributed by atoms with Gasteiger partial charge in [-0.3, -0.25) is 0 Å². The van der Waals surface area contributed by atoms with Gasteiger partial charge in [0, 0.05) is 18.6 Å². The maximum Gasteiger partial charge on any atom is 0.408 e. The summed E-state index contributed by atoms with van der Waals surface area (Å²) in [5.74, 6) is -0.186. The van der Waals surface area contributed by atoms with Crippen LogP contribution >= 0.6 is 0 Å². The number of piperidine rings is 1. The van der Waals surface area contributed by atoms with Crippen LogP contribution in [0.5, 0.6) is 0 Å². The first-order valence-corrected chi connectivity index (χ1v) is 8.11. The lowest BCUT2D eigenvalue weighted by Crippen LogP contribution is -2.54. The Kier molecular flexibility index (Phi) is 4.87. The van der Waals surface area contributed by atoms with Crippen LogP contribution in [-0.2, 0) is 4.74 Å². The molecule has 1 aliphatic heterocycles. The fourth-order valence-electron chi connectivity index (χ4n) is 2.92. The molecule has 0 unspecified atom stereocenters. The number of carbonyl (C=O) groups is 1. The third-order valence-corrected chi connectivity index (χ3v) is 4.17. The van der Waals surface area contributed by atoms with Gasteiger partial charge in [0.05, 0.1) is 5.69 Å². The Labute approximate surface area is 138 Å². The highest BCUT2D eigenvalue weighted by molar-refractivity contribution is 5.69. The summed E-state index contributed by atoms with van der Waals surface area (Å²) in [4.78, 5) is 14.0. The van der Waals surface area contributed by atoms with Gasteiger partial charge in [0.2, 0.25) is 0 Å². The van der Waals surface area contributed by atoms with Crippen LogP contribution in [0.1, 0.15) is 46.1 Å². The molecule has 1 amide bonds. The average molecular weight is 322 g/mol. The van der Waals surface area contributed by atoms with Crippen LogP contribution in [-0.4, -0.2) is 30.3 Å². The Morgan fingerprint density at radius 1 is 1.30 bits per heavy atom. The van der Waals surface area contributed by atoms with E-state index in [0.717, 1.165) is 18.4 Å². The molecule has 0 radical (unpaired) electrons. The van der Waals surface area contributed by atoms with Crippen molar-refractivity contribution in [1.29, 1.82) is 0 Å². The minimum atomic E-state index is -0.509. The third-order valence-electron chi connectivity index (χ3n) is 4.17. The van der Waals surface area contributed by atoms with Crippen molar-refractivity contribution in [3.05, 3.63) is 29.6 Å². The quantitative estimate of drug-likeness (QED) is 0.894. The molecule has 1 aromatic carbocycles. The summed E-state index contributed by atoms with van der Waals surface area (Å²) in [6, 6.07) is 5.15. The predicted octanol–water partition coefficient (Wildman–Crippen LogP) is 4.02. The summed E-state index contributed by atoms with van der Waals surface area (Å²) in [6.45, 7) is 10.9. The van der Waals surface area contributed by atoms with E-state index in [-0.39, 0.29) is 11.4 Å². The molecule has 1 aliphatic rings. The number of anilines is 1. The number of amides is 1. The number of ether oxygens (including phenoxy) is 1. The van der Waals surface area contributed by atoms with Crippen molar-refractivity contribution >= 4 is 11.8 Å². The number of para-hydroxylation sites is 1. The lowest BCUT2D eigenvalue weighted by molar-refractivity contribution is 0.0448. The molecule has 0 bridgehead atoms. The zero-order valence-corrected chi connectivity index (χ0v) is 14.7. The van der Waals surface area contributed by atoms with Crippen LogP contribution in [0.15, 0.2) is 18.2 Å². The second-order valence-corrected chi connectivity index (χ2v) is 7.58. The molecule has 0 aliphatic carbocycles. The van der Waals surface area contributed by atoms with Crippen LogP contribution in [0.25, 0.3) is 0 Å². The second kappa shape index (κ2) is 6.38. The summed E-state index contributed by atoms with van der Waals surface area (Å²) in [5, 5.41) is 2.97. The van der Waals surface area contributed by atoms with Gasteiger partial charge in [-0.25, -0.2) is 9.18 Å². The normalized spacial score (nSPS) is 17.7. The number of nitrogens with zero attached hydrogens (tertiary/aromatic N) is 1. The molecule has 1 N–H and O–H groups in total. The highest BCUT2D eigenvalue weighted by atomic mass is 19.1. The number of aryl methyl sites for hydroxylation is 1. The first-order chi connectivity index (χ1) is 10.6. The summed E-state index contributed by atoms with van der Waals surface area (Å²) < 4.78 is 19.4. The Bertz CT molecular complexity index is 553. The van der Waals surface area contributed by atoms with E-state index >= 15 is 0 Å². The smallest absolute Gasteiger partial charge is 0.408 e. The van der Waals surface area contributed by atoms with E-state index in [9.17, 15) is 9.18 Å². The van der Waals surface area contributed by atoms with Crippen molar-refractivity contribution in [1.82, 2.24) is 5.32 Å². The van der Waals surface area contributed by atoms with Crippen molar-refractivity contribution in [3.8, 4) is 0 Å². The van der Waals surface area contributed by atoms with E-state index in [0.29, 0.717) is 18.8 Å². The topological polar surface area (TPSA) is 41.6 Å². The molecule has 23 heavy (non-hydrogen) atoms. The largest absolute Gasteiger partial charge is 0.444 e. The molecular weight excluding hydrogens is 295 g/mol. The number of rotatable bonds is 2. The van der Waals surface area contributed by atoms with Crippen LogP contribution in [0.2, 0.25) is 0 Å². The number of alkyl carbamates (subject to hydrolysis) is 1. The Hall–Kier alpha value is -1.78. The number of nitrogens with one attached hydrogen (secondary N) is 1. The minimum Gasteiger partial charge on any atom is -0.444 e. The Morgan fingerprint density at radius 3 is 2.43 bits per heavy atom. The maximum absolute atomic E-state index is 14.1. The molecule has 1 fully saturated rings. The van der Waals surface area contributed by atoms with Crippen LogP contribution in [0.4, 0.5) is 14.9 Å².